The Kier molecular flexibility index (Phi) is 3.40. The Morgan fingerprint density at radius 3 is 2.76 bits per heavy atom. The van der Waals surface area contributed by atoms with Gasteiger partial charge in [-0.15, -0.1) is 0 Å². The second-order valence-electron chi connectivity index (χ2n) is 5.91. The second-order valence-corrected chi connectivity index (χ2v) is 8.10. The van der Waals surface area contributed by atoms with Gasteiger partial charge < -0.3 is 4.57 Å². The summed E-state index contributed by atoms with van der Waals surface area (Å²) >= 11 is 0. The standard InChI is InChI=1S/C17H17N5O2S/c1-4-25(23,24)17-15(20-14-7-5-6-8-22(14)17)16-19-12-9-11(2)18-10-13(12)21(16)3/h5-10H,4H2,1-3H3. The fourth-order valence-electron chi connectivity index (χ4n) is 2.95. The van der Waals surface area contributed by atoms with E-state index in [1.807, 2.05) is 30.7 Å². The average molecular weight is 355 g/mol. The molecule has 25 heavy (non-hydrogen) atoms. The van der Waals surface area contributed by atoms with E-state index in [9.17, 15) is 8.42 Å². The average Bonchev–Trinajstić information content (AvgIpc) is 3.13. The number of imidazole rings is 2. The van der Waals surface area contributed by atoms with Crippen LogP contribution in [0.25, 0.3) is 28.2 Å². The zero-order chi connectivity index (χ0) is 17.8. The number of rotatable bonds is 3. The third-order valence-electron chi connectivity index (χ3n) is 4.28. The smallest absolute Gasteiger partial charge is 0.196 e. The maximum absolute atomic E-state index is 12.7. The fraction of sp³-hybridized carbons (Fsp3) is 0.235. The van der Waals surface area contributed by atoms with Gasteiger partial charge >= 0.3 is 0 Å². The summed E-state index contributed by atoms with van der Waals surface area (Å²) in [5, 5.41) is 0.175. The monoisotopic (exact) mass is 355 g/mol. The molecule has 0 aliphatic rings. The van der Waals surface area contributed by atoms with E-state index in [1.165, 1.54) is 0 Å². The van der Waals surface area contributed by atoms with Crippen molar-refractivity contribution in [1.82, 2.24) is 23.9 Å². The Balaban J connectivity index is 2.11. The van der Waals surface area contributed by atoms with Gasteiger partial charge in [0.05, 0.1) is 23.0 Å². The summed E-state index contributed by atoms with van der Waals surface area (Å²) in [6, 6.07) is 7.28. The van der Waals surface area contributed by atoms with Gasteiger partial charge in [-0.25, -0.2) is 18.4 Å². The van der Waals surface area contributed by atoms with Crippen LogP contribution >= 0.6 is 0 Å². The topological polar surface area (TPSA) is 82.1 Å². The molecule has 4 rings (SSSR count). The minimum atomic E-state index is -3.49. The minimum Gasteiger partial charge on any atom is -0.324 e. The van der Waals surface area contributed by atoms with Crippen LogP contribution in [-0.4, -0.2) is 38.1 Å². The fourth-order valence-corrected chi connectivity index (χ4v) is 4.11. The zero-order valence-corrected chi connectivity index (χ0v) is 14.9. The van der Waals surface area contributed by atoms with Crippen LogP contribution in [0.3, 0.4) is 0 Å². The molecule has 0 radical (unpaired) electrons. The Labute approximate surface area is 144 Å². The van der Waals surface area contributed by atoms with E-state index in [2.05, 4.69) is 15.0 Å². The number of aryl methyl sites for hydroxylation is 2. The molecule has 0 aromatic carbocycles. The molecule has 0 aliphatic carbocycles. The minimum absolute atomic E-state index is 0.00665. The first-order valence-corrected chi connectivity index (χ1v) is 9.57. The normalized spacial score (nSPS) is 12.3. The Morgan fingerprint density at radius 2 is 2.00 bits per heavy atom. The maximum Gasteiger partial charge on any atom is 0.196 e. The first-order valence-electron chi connectivity index (χ1n) is 7.91. The highest BCUT2D eigenvalue weighted by molar-refractivity contribution is 7.91. The van der Waals surface area contributed by atoms with Crippen molar-refractivity contribution in [3.63, 3.8) is 0 Å². The van der Waals surface area contributed by atoms with E-state index in [-0.39, 0.29) is 10.8 Å². The first kappa shape index (κ1) is 15.8. The van der Waals surface area contributed by atoms with Gasteiger partial charge in [-0.3, -0.25) is 9.38 Å². The number of aromatic nitrogens is 5. The number of pyridine rings is 2. The van der Waals surface area contributed by atoms with Crippen LogP contribution in [-0.2, 0) is 16.9 Å². The molecular weight excluding hydrogens is 338 g/mol. The molecule has 4 heterocycles. The zero-order valence-electron chi connectivity index (χ0n) is 14.1. The van der Waals surface area contributed by atoms with Crippen molar-refractivity contribution in [3.8, 4) is 11.5 Å². The lowest BCUT2D eigenvalue weighted by Crippen LogP contribution is -2.09. The summed E-state index contributed by atoms with van der Waals surface area (Å²) < 4.78 is 28.9. The number of hydrogen-bond donors (Lipinski definition) is 0. The molecule has 0 fully saturated rings. The van der Waals surface area contributed by atoms with Crippen molar-refractivity contribution in [2.45, 2.75) is 18.9 Å². The summed E-state index contributed by atoms with van der Waals surface area (Å²) in [4.78, 5) is 13.5. The van der Waals surface area contributed by atoms with Gasteiger partial charge in [0.25, 0.3) is 0 Å². The molecule has 0 amide bonds. The predicted molar refractivity (Wildman–Crippen MR) is 95.2 cm³/mol. The van der Waals surface area contributed by atoms with E-state index in [0.717, 1.165) is 16.7 Å². The largest absolute Gasteiger partial charge is 0.324 e. The number of hydrogen-bond acceptors (Lipinski definition) is 5. The molecule has 0 spiro atoms. The van der Waals surface area contributed by atoms with Crippen LogP contribution in [0, 0.1) is 6.92 Å². The molecule has 0 bridgehead atoms. The molecule has 128 valence electrons. The number of fused-ring (bicyclic) bond motifs is 2. The Morgan fingerprint density at radius 1 is 1.20 bits per heavy atom. The molecular formula is C17H17N5O2S. The summed E-state index contributed by atoms with van der Waals surface area (Å²) in [5.41, 5.74) is 3.39. The van der Waals surface area contributed by atoms with Gasteiger partial charge in [-0.2, -0.15) is 0 Å². The lowest BCUT2D eigenvalue weighted by atomic mass is 10.3. The number of nitrogens with zero attached hydrogens (tertiary/aromatic N) is 5. The number of sulfone groups is 1. The lowest BCUT2D eigenvalue weighted by molar-refractivity contribution is 0.592. The van der Waals surface area contributed by atoms with Crippen molar-refractivity contribution < 1.29 is 8.42 Å². The first-order chi connectivity index (χ1) is 11.9. The van der Waals surface area contributed by atoms with Crippen molar-refractivity contribution in [1.29, 1.82) is 0 Å². The second kappa shape index (κ2) is 5.38. The van der Waals surface area contributed by atoms with Crippen molar-refractivity contribution in [3.05, 3.63) is 42.4 Å². The highest BCUT2D eigenvalue weighted by Crippen LogP contribution is 2.30. The van der Waals surface area contributed by atoms with E-state index in [0.29, 0.717) is 17.2 Å². The third-order valence-corrected chi connectivity index (χ3v) is 6.02. The van der Waals surface area contributed by atoms with Crippen LogP contribution in [0.2, 0.25) is 0 Å². The maximum atomic E-state index is 12.7. The lowest BCUT2D eigenvalue weighted by Gasteiger charge is -2.05. The Bertz CT molecular complexity index is 1220. The van der Waals surface area contributed by atoms with Crippen LogP contribution in [0.15, 0.2) is 41.7 Å². The van der Waals surface area contributed by atoms with Crippen LogP contribution < -0.4 is 0 Å². The van der Waals surface area contributed by atoms with E-state index >= 15 is 0 Å². The molecule has 7 nitrogen and oxygen atoms in total. The van der Waals surface area contributed by atoms with Gasteiger partial charge in [-0.1, -0.05) is 13.0 Å². The summed E-state index contributed by atoms with van der Waals surface area (Å²) in [6.45, 7) is 3.52. The highest BCUT2D eigenvalue weighted by atomic mass is 32.2. The summed E-state index contributed by atoms with van der Waals surface area (Å²) in [5.74, 6) is 0.506. The van der Waals surface area contributed by atoms with Crippen molar-refractivity contribution in [2.24, 2.45) is 7.05 Å². The van der Waals surface area contributed by atoms with Crippen molar-refractivity contribution >= 4 is 26.5 Å². The van der Waals surface area contributed by atoms with Gasteiger partial charge in [0.15, 0.2) is 20.7 Å². The highest BCUT2D eigenvalue weighted by Gasteiger charge is 2.27. The van der Waals surface area contributed by atoms with Gasteiger partial charge in [0.1, 0.15) is 11.3 Å². The van der Waals surface area contributed by atoms with Crippen LogP contribution in [0.4, 0.5) is 0 Å². The van der Waals surface area contributed by atoms with Gasteiger partial charge in [-0.05, 0) is 25.1 Å². The molecule has 0 atom stereocenters. The predicted octanol–water partition coefficient (Wildman–Crippen LogP) is 2.39. The van der Waals surface area contributed by atoms with E-state index in [1.54, 1.807) is 35.9 Å². The van der Waals surface area contributed by atoms with Crippen molar-refractivity contribution in [2.75, 3.05) is 5.75 Å². The van der Waals surface area contributed by atoms with Gasteiger partial charge in [0.2, 0.25) is 0 Å². The van der Waals surface area contributed by atoms with Crippen LogP contribution in [0.1, 0.15) is 12.6 Å². The van der Waals surface area contributed by atoms with E-state index in [4.69, 9.17) is 0 Å². The third kappa shape index (κ3) is 2.32. The summed E-state index contributed by atoms with van der Waals surface area (Å²) in [7, 11) is -1.65. The molecule has 0 aliphatic heterocycles. The molecule has 0 N–H and O–H groups in total. The van der Waals surface area contributed by atoms with Gasteiger partial charge in [0, 0.05) is 18.9 Å². The molecule has 4 aromatic rings. The van der Waals surface area contributed by atoms with Crippen LogP contribution in [0.5, 0.6) is 0 Å². The Hall–Kier alpha value is -2.74. The molecule has 8 heteroatoms. The quantitative estimate of drug-likeness (QED) is 0.563. The molecule has 0 saturated heterocycles. The molecule has 0 unspecified atom stereocenters. The molecule has 0 saturated carbocycles. The summed E-state index contributed by atoms with van der Waals surface area (Å²) in [6.07, 6.45) is 3.45. The van der Waals surface area contributed by atoms with E-state index < -0.39 is 9.84 Å². The molecule has 4 aromatic heterocycles. The SMILES string of the molecule is CCS(=O)(=O)c1c(-c2nc3cc(C)ncc3n2C)nc2ccccn12.